The molecule has 2 aromatic carbocycles. The molecule has 1 fully saturated rings. The summed E-state index contributed by atoms with van der Waals surface area (Å²) >= 11 is 0.648. The van der Waals surface area contributed by atoms with Crippen molar-refractivity contribution in [2.24, 2.45) is 0 Å². The monoisotopic (exact) mass is 486 g/mol. The highest BCUT2D eigenvalue weighted by Gasteiger charge is 2.36. The van der Waals surface area contributed by atoms with E-state index >= 15 is 0 Å². The number of rotatable bonds is 5. The van der Waals surface area contributed by atoms with E-state index in [1.165, 1.54) is 30.3 Å². The van der Waals surface area contributed by atoms with Crippen LogP contribution in [0.3, 0.4) is 0 Å². The van der Waals surface area contributed by atoms with Crippen LogP contribution in [0.1, 0.15) is 16.9 Å². The average Bonchev–Trinajstić information content (AvgIpc) is 3.34. The van der Waals surface area contributed by atoms with Gasteiger partial charge in [0.1, 0.15) is 18.1 Å². The molecule has 0 bridgehead atoms. The van der Waals surface area contributed by atoms with Gasteiger partial charge in [-0.25, -0.2) is 0 Å². The molecule has 0 unspecified atom stereocenters. The van der Waals surface area contributed by atoms with Gasteiger partial charge in [-0.05, 0) is 60.6 Å². The van der Waals surface area contributed by atoms with E-state index in [4.69, 9.17) is 4.42 Å². The zero-order valence-electron chi connectivity index (χ0n) is 17.7. The number of anilines is 1. The number of nitrogens with one attached hydrogen (secondary N) is 1. The maximum atomic E-state index is 13.0. The Morgan fingerprint density at radius 1 is 1.09 bits per heavy atom. The Balaban J connectivity index is 1.46. The van der Waals surface area contributed by atoms with Crippen molar-refractivity contribution in [1.29, 1.82) is 0 Å². The van der Waals surface area contributed by atoms with Gasteiger partial charge in [-0.15, -0.1) is 0 Å². The molecule has 1 N–H and O–H groups in total. The van der Waals surface area contributed by atoms with Crippen LogP contribution in [0, 0.1) is 6.92 Å². The topological polar surface area (TPSA) is 79.6 Å². The number of benzene rings is 2. The molecule has 1 saturated heterocycles. The number of carbonyl (C=O) groups excluding carboxylic acids is 3. The molecule has 4 rings (SSSR count). The Morgan fingerprint density at radius 2 is 1.85 bits per heavy atom. The smallest absolute Gasteiger partial charge is 0.416 e. The first kappa shape index (κ1) is 23.4. The van der Waals surface area contributed by atoms with Crippen molar-refractivity contribution in [3.63, 3.8) is 0 Å². The van der Waals surface area contributed by atoms with Crippen molar-refractivity contribution in [3.05, 3.63) is 82.5 Å². The number of imide groups is 1. The van der Waals surface area contributed by atoms with Crippen LogP contribution in [-0.2, 0) is 15.8 Å². The van der Waals surface area contributed by atoms with E-state index in [1.807, 2.05) is 13.0 Å². The van der Waals surface area contributed by atoms with Gasteiger partial charge in [0.2, 0.25) is 5.91 Å². The lowest BCUT2D eigenvalue weighted by molar-refractivity contribution is -0.137. The molecule has 0 saturated carbocycles. The molecule has 2 heterocycles. The summed E-state index contributed by atoms with van der Waals surface area (Å²) in [4.78, 5) is 38.1. The number of hydrogen-bond acceptors (Lipinski definition) is 5. The molecular formula is C24H17F3N2O4S. The van der Waals surface area contributed by atoms with E-state index in [0.29, 0.717) is 17.4 Å². The molecule has 6 nitrogen and oxygen atoms in total. The van der Waals surface area contributed by atoms with Crippen LogP contribution in [0.4, 0.5) is 23.7 Å². The van der Waals surface area contributed by atoms with Crippen LogP contribution < -0.4 is 5.32 Å². The molecular weight excluding hydrogens is 469 g/mol. The molecule has 0 radical (unpaired) electrons. The Hall–Kier alpha value is -3.79. The molecule has 1 aliphatic heterocycles. The minimum atomic E-state index is -4.49. The number of thioether (sulfide) groups is 1. The first-order valence-corrected chi connectivity index (χ1v) is 10.8. The fourth-order valence-corrected chi connectivity index (χ4v) is 4.09. The number of amides is 3. The van der Waals surface area contributed by atoms with Crippen molar-refractivity contribution in [3.8, 4) is 11.3 Å². The van der Waals surface area contributed by atoms with Crippen molar-refractivity contribution >= 4 is 40.6 Å². The SMILES string of the molecule is Cc1cccc(NC(=O)CN2C(=O)S/C(=C/c3ccc(-c4cccc(C(F)(F)F)c4)o3)C2=O)c1. The summed E-state index contributed by atoms with van der Waals surface area (Å²) in [6.45, 7) is 1.41. The highest BCUT2D eigenvalue weighted by atomic mass is 32.2. The second kappa shape index (κ2) is 9.22. The summed E-state index contributed by atoms with van der Waals surface area (Å²) in [5.41, 5.74) is 0.892. The van der Waals surface area contributed by atoms with Gasteiger partial charge in [-0.3, -0.25) is 19.3 Å². The highest BCUT2D eigenvalue weighted by molar-refractivity contribution is 8.18. The molecule has 3 aromatic rings. The third-order valence-electron chi connectivity index (χ3n) is 4.85. The third kappa shape index (κ3) is 5.23. The van der Waals surface area contributed by atoms with Gasteiger partial charge >= 0.3 is 6.18 Å². The summed E-state index contributed by atoms with van der Waals surface area (Å²) < 4.78 is 44.5. The third-order valence-corrected chi connectivity index (χ3v) is 5.76. The average molecular weight is 486 g/mol. The second-order valence-corrected chi connectivity index (χ2v) is 8.46. The molecule has 0 aliphatic carbocycles. The summed E-state index contributed by atoms with van der Waals surface area (Å²) in [5, 5.41) is 2.03. The summed E-state index contributed by atoms with van der Waals surface area (Å²) in [5.74, 6) is -0.832. The number of alkyl halides is 3. The lowest BCUT2D eigenvalue weighted by Crippen LogP contribution is -2.36. The lowest BCUT2D eigenvalue weighted by atomic mass is 10.1. The standard InChI is InChI=1S/C24H17F3N2O4S/c1-14-4-2-7-17(10-14)28-21(30)13-29-22(31)20(34-23(29)32)12-18-8-9-19(33-18)15-5-3-6-16(11-15)24(25,26)27/h2-12H,13H2,1H3,(H,28,30)/b20-12+. The van der Waals surface area contributed by atoms with Gasteiger partial charge in [0, 0.05) is 17.3 Å². The van der Waals surface area contributed by atoms with E-state index in [2.05, 4.69) is 5.32 Å². The fraction of sp³-hybridized carbons (Fsp3) is 0.125. The Kier molecular flexibility index (Phi) is 6.34. The van der Waals surface area contributed by atoms with E-state index in [1.54, 1.807) is 18.2 Å². The summed E-state index contributed by atoms with van der Waals surface area (Å²) in [7, 11) is 0. The van der Waals surface area contributed by atoms with Crippen LogP contribution in [-0.4, -0.2) is 28.5 Å². The first-order chi connectivity index (χ1) is 16.1. The molecule has 0 spiro atoms. The number of halogens is 3. The molecule has 174 valence electrons. The summed E-state index contributed by atoms with van der Waals surface area (Å²) in [6, 6.07) is 14.7. The molecule has 34 heavy (non-hydrogen) atoms. The Labute approximate surface area is 196 Å². The minimum Gasteiger partial charge on any atom is -0.457 e. The van der Waals surface area contributed by atoms with E-state index in [0.717, 1.165) is 22.6 Å². The van der Waals surface area contributed by atoms with Gasteiger partial charge in [0.15, 0.2) is 0 Å². The van der Waals surface area contributed by atoms with Crippen molar-refractivity contribution in [2.45, 2.75) is 13.1 Å². The van der Waals surface area contributed by atoms with Gasteiger partial charge < -0.3 is 9.73 Å². The second-order valence-electron chi connectivity index (χ2n) is 7.47. The van der Waals surface area contributed by atoms with Crippen molar-refractivity contribution in [1.82, 2.24) is 4.90 Å². The van der Waals surface area contributed by atoms with E-state index in [-0.39, 0.29) is 22.0 Å². The van der Waals surface area contributed by atoms with E-state index in [9.17, 15) is 27.6 Å². The number of furan rings is 1. The largest absolute Gasteiger partial charge is 0.457 e. The number of aryl methyl sites for hydroxylation is 1. The first-order valence-electron chi connectivity index (χ1n) is 9.99. The number of hydrogen-bond donors (Lipinski definition) is 1. The predicted octanol–water partition coefficient (Wildman–Crippen LogP) is 5.95. The van der Waals surface area contributed by atoms with Gasteiger partial charge in [0.25, 0.3) is 11.1 Å². The quantitative estimate of drug-likeness (QED) is 0.451. The molecule has 3 amide bonds. The van der Waals surface area contributed by atoms with Gasteiger partial charge in [-0.1, -0.05) is 24.3 Å². The predicted molar refractivity (Wildman–Crippen MR) is 122 cm³/mol. The normalized spacial score (nSPS) is 15.3. The van der Waals surface area contributed by atoms with Crippen LogP contribution in [0.5, 0.6) is 0 Å². The van der Waals surface area contributed by atoms with Crippen LogP contribution in [0.25, 0.3) is 17.4 Å². The maximum Gasteiger partial charge on any atom is 0.416 e. The highest BCUT2D eigenvalue weighted by Crippen LogP contribution is 2.35. The minimum absolute atomic E-state index is 0.0401. The summed E-state index contributed by atoms with van der Waals surface area (Å²) in [6.07, 6.45) is -3.17. The molecule has 10 heteroatoms. The van der Waals surface area contributed by atoms with E-state index < -0.39 is 35.3 Å². The van der Waals surface area contributed by atoms with Crippen molar-refractivity contribution < 1.29 is 32.0 Å². The molecule has 1 aliphatic rings. The zero-order valence-corrected chi connectivity index (χ0v) is 18.5. The molecule has 1 aromatic heterocycles. The molecule has 0 atom stereocenters. The van der Waals surface area contributed by atoms with Crippen LogP contribution in [0.15, 0.2) is 70.0 Å². The lowest BCUT2D eigenvalue weighted by Gasteiger charge is -2.12. The Bertz CT molecular complexity index is 1310. The fourth-order valence-electron chi connectivity index (χ4n) is 3.27. The van der Waals surface area contributed by atoms with Gasteiger partial charge in [-0.2, -0.15) is 13.2 Å². The Morgan fingerprint density at radius 3 is 2.59 bits per heavy atom. The van der Waals surface area contributed by atoms with Gasteiger partial charge in [0.05, 0.1) is 10.5 Å². The van der Waals surface area contributed by atoms with Crippen molar-refractivity contribution in [2.75, 3.05) is 11.9 Å². The maximum absolute atomic E-state index is 13.0. The number of carbonyl (C=O) groups is 3. The van der Waals surface area contributed by atoms with Crippen LogP contribution in [0.2, 0.25) is 0 Å². The zero-order chi connectivity index (χ0) is 24.5. The number of nitrogens with zero attached hydrogens (tertiary/aromatic N) is 1. The van der Waals surface area contributed by atoms with Crippen LogP contribution >= 0.6 is 11.8 Å².